The monoisotopic (exact) mass is 212 g/mol. The topological polar surface area (TPSA) is 58.3 Å². The number of hydrogen-bond donors (Lipinski definition) is 3. The number of aliphatic hydroxyl groups excluding tert-OH is 1. The molecule has 1 aliphatic rings. The summed E-state index contributed by atoms with van der Waals surface area (Å²) in [5.41, 5.74) is 8.00. The number of hydrogen-bond acceptors (Lipinski definition) is 3. The van der Waals surface area contributed by atoms with Crippen LogP contribution in [-0.2, 0) is 6.42 Å². The van der Waals surface area contributed by atoms with E-state index in [9.17, 15) is 0 Å². The molecule has 1 aromatic rings. The number of aliphatic hydroxyl groups is 1. The molecule has 0 spiro atoms. The van der Waals surface area contributed by atoms with Gasteiger partial charge in [0.25, 0.3) is 0 Å². The van der Waals surface area contributed by atoms with Gasteiger partial charge in [0.05, 0.1) is 6.61 Å². The Morgan fingerprint density at radius 3 is 3.14 bits per heavy atom. The van der Waals surface area contributed by atoms with E-state index in [0.717, 1.165) is 17.1 Å². The average Bonchev–Trinajstić information content (AvgIpc) is 2.59. The smallest absolute Gasteiger partial charge is 0.0602 e. The molecule has 0 amide bonds. The molecule has 2 rings (SSSR count). The number of nitrogens with two attached hydrogens (primary N) is 1. The molecular formula is C10H13ClN2O. The fraction of sp³-hybridized carbons (Fsp3) is 0.400. The lowest BCUT2D eigenvalue weighted by Crippen LogP contribution is -2.41. The lowest BCUT2D eigenvalue weighted by atomic mass is 10.1. The zero-order chi connectivity index (χ0) is 10.1. The van der Waals surface area contributed by atoms with Gasteiger partial charge in [0, 0.05) is 22.8 Å². The Labute approximate surface area is 87.9 Å². The minimum absolute atomic E-state index is 0.000608. The fourth-order valence-corrected chi connectivity index (χ4v) is 1.94. The van der Waals surface area contributed by atoms with E-state index in [2.05, 4.69) is 5.32 Å². The number of fused-ring (bicyclic) bond motifs is 1. The molecule has 0 aliphatic carbocycles. The predicted octanol–water partition coefficient (Wildman–Crippen LogP) is 0.996. The molecule has 1 aromatic carbocycles. The summed E-state index contributed by atoms with van der Waals surface area (Å²) in [7, 11) is 0. The molecule has 1 heterocycles. The van der Waals surface area contributed by atoms with Crippen LogP contribution in [0.4, 0.5) is 5.69 Å². The van der Waals surface area contributed by atoms with E-state index in [1.807, 2.05) is 18.2 Å². The number of benzene rings is 1. The van der Waals surface area contributed by atoms with Gasteiger partial charge in [-0.15, -0.1) is 0 Å². The maximum absolute atomic E-state index is 8.94. The minimum Gasteiger partial charge on any atom is -0.395 e. The van der Waals surface area contributed by atoms with Crippen molar-refractivity contribution in [3.05, 3.63) is 28.8 Å². The lowest BCUT2D eigenvalue weighted by Gasteiger charge is -2.17. The normalized spacial score (nSPS) is 21.5. The summed E-state index contributed by atoms with van der Waals surface area (Å²) in [6.07, 6.45) is 0.831. The van der Waals surface area contributed by atoms with Gasteiger partial charge in [-0.1, -0.05) is 11.6 Å². The van der Waals surface area contributed by atoms with Crippen molar-refractivity contribution in [2.45, 2.75) is 18.5 Å². The molecule has 4 heteroatoms. The van der Waals surface area contributed by atoms with Gasteiger partial charge >= 0.3 is 0 Å². The van der Waals surface area contributed by atoms with Crippen molar-refractivity contribution in [3.8, 4) is 0 Å². The Morgan fingerprint density at radius 2 is 2.43 bits per heavy atom. The molecule has 0 radical (unpaired) electrons. The van der Waals surface area contributed by atoms with Crippen LogP contribution in [0.3, 0.4) is 0 Å². The number of nitrogens with one attached hydrogen (secondary N) is 1. The number of halogens is 1. The van der Waals surface area contributed by atoms with E-state index in [-0.39, 0.29) is 18.7 Å². The second-order valence-corrected chi connectivity index (χ2v) is 4.04. The van der Waals surface area contributed by atoms with Crippen LogP contribution in [0.5, 0.6) is 0 Å². The third kappa shape index (κ3) is 1.71. The van der Waals surface area contributed by atoms with Crippen LogP contribution in [0.25, 0.3) is 0 Å². The number of rotatable bonds is 2. The summed E-state index contributed by atoms with van der Waals surface area (Å²) >= 11 is 5.88. The van der Waals surface area contributed by atoms with E-state index < -0.39 is 0 Å². The van der Waals surface area contributed by atoms with Crippen LogP contribution < -0.4 is 11.1 Å². The first-order valence-corrected chi connectivity index (χ1v) is 5.00. The highest BCUT2D eigenvalue weighted by Crippen LogP contribution is 2.29. The first-order chi connectivity index (χ1) is 6.70. The zero-order valence-corrected chi connectivity index (χ0v) is 8.46. The average molecular weight is 213 g/mol. The third-order valence-electron chi connectivity index (χ3n) is 2.58. The highest BCUT2D eigenvalue weighted by Gasteiger charge is 2.25. The summed E-state index contributed by atoms with van der Waals surface area (Å²) in [6, 6.07) is 5.63. The van der Waals surface area contributed by atoms with E-state index in [1.54, 1.807) is 0 Å². The molecule has 0 saturated carbocycles. The van der Waals surface area contributed by atoms with E-state index >= 15 is 0 Å². The van der Waals surface area contributed by atoms with Crippen molar-refractivity contribution in [3.63, 3.8) is 0 Å². The van der Waals surface area contributed by atoms with Gasteiger partial charge in [-0.2, -0.15) is 0 Å². The van der Waals surface area contributed by atoms with Crippen molar-refractivity contribution in [1.29, 1.82) is 0 Å². The molecule has 3 nitrogen and oxygen atoms in total. The van der Waals surface area contributed by atoms with Gasteiger partial charge in [0.15, 0.2) is 0 Å². The van der Waals surface area contributed by atoms with Gasteiger partial charge in [-0.05, 0) is 30.2 Å². The standard InChI is InChI=1S/C10H13ClN2O/c11-7-1-2-9-6(3-7)4-10(13-9)8(12)5-14/h1-3,8,10,13-14H,4-5,12H2. The molecule has 2 atom stereocenters. The predicted molar refractivity (Wildman–Crippen MR) is 57.6 cm³/mol. The first kappa shape index (κ1) is 9.77. The largest absolute Gasteiger partial charge is 0.395 e. The van der Waals surface area contributed by atoms with Crippen LogP contribution in [0.15, 0.2) is 18.2 Å². The summed E-state index contributed by atoms with van der Waals surface area (Å²) in [5.74, 6) is 0. The van der Waals surface area contributed by atoms with E-state index in [4.69, 9.17) is 22.4 Å². The highest BCUT2D eigenvalue weighted by atomic mass is 35.5. The first-order valence-electron chi connectivity index (χ1n) is 4.62. The van der Waals surface area contributed by atoms with Gasteiger partial charge in [0.1, 0.15) is 0 Å². The quantitative estimate of drug-likeness (QED) is 0.686. The van der Waals surface area contributed by atoms with Gasteiger partial charge in [-0.3, -0.25) is 0 Å². The Morgan fingerprint density at radius 1 is 1.64 bits per heavy atom. The third-order valence-corrected chi connectivity index (χ3v) is 2.81. The number of anilines is 1. The van der Waals surface area contributed by atoms with Gasteiger partial charge in [-0.25, -0.2) is 0 Å². The van der Waals surface area contributed by atoms with Crippen LogP contribution >= 0.6 is 11.6 Å². The molecular weight excluding hydrogens is 200 g/mol. The van der Waals surface area contributed by atoms with Crippen molar-refractivity contribution >= 4 is 17.3 Å². The van der Waals surface area contributed by atoms with E-state index in [0.29, 0.717) is 0 Å². The molecule has 2 unspecified atom stereocenters. The fourth-order valence-electron chi connectivity index (χ4n) is 1.75. The van der Waals surface area contributed by atoms with Crippen LogP contribution in [0.2, 0.25) is 5.02 Å². The molecule has 0 fully saturated rings. The SMILES string of the molecule is NC(CO)C1Cc2cc(Cl)ccc2N1. The molecule has 0 saturated heterocycles. The Kier molecular flexibility index (Phi) is 2.63. The summed E-state index contributed by atoms with van der Waals surface area (Å²) in [4.78, 5) is 0. The Bertz CT molecular complexity index is 343. The maximum atomic E-state index is 8.94. The van der Waals surface area contributed by atoms with Crippen LogP contribution in [0, 0.1) is 0 Å². The van der Waals surface area contributed by atoms with Crippen molar-refractivity contribution in [1.82, 2.24) is 0 Å². The Balaban J connectivity index is 2.17. The minimum atomic E-state index is -0.221. The molecule has 76 valence electrons. The van der Waals surface area contributed by atoms with Crippen LogP contribution in [0.1, 0.15) is 5.56 Å². The lowest BCUT2D eigenvalue weighted by molar-refractivity contribution is 0.254. The maximum Gasteiger partial charge on any atom is 0.0602 e. The van der Waals surface area contributed by atoms with Crippen molar-refractivity contribution < 1.29 is 5.11 Å². The second kappa shape index (κ2) is 3.77. The Hall–Kier alpha value is -0.770. The van der Waals surface area contributed by atoms with Gasteiger partial charge < -0.3 is 16.2 Å². The zero-order valence-electron chi connectivity index (χ0n) is 7.70. The molecule has 4 N–H and O–H groups in total. The second-order valence-electron chi connectivity index (χ2n) is 3.60. The van der Waals surface area contributed by atoms with Gasteiger partial charge in [0.2, 0.25) is 0 Å². The molecule has 14 heavy (non-hydrogen) atoms. The molecule has 0 bridgehead atoms. The summed E-state index contributed by atoms with van der Waals surface area (Å²) in [5, 5.41) is 12.9. The highest BCUT2D eigenvalue weighted by molar-refractivity contribution is 6.30. The van der Waals surface area contributed by atoms with Crippen molar-refractivity contribution in [2.24, 2.45) is 5.73 Å². The molecule has 0 aromatic heterocycles. The summed E-state index contributed by atoms with van der Waals surface area (Å²) < 4.78 is 0. The molecule has 1 aliphatic heterocycles. The van der Waals surface area contributed by atoms with Crippen molar-refractivity contribution in [2.75, 3.05) is 11.9 Å². The van der Waals surface area contributed by atoms with E-state index in [1.165, 1.54) is 5.56 Å². The van der Waals surface area contributed by atoms with Crippen LogP contribution in [-0.4, -0.2) is 23.8 Å². The summed E-state index contributed by atoms with van der Waals surface area (Å²) in [6.45, 7) is -0.000608.